The monoisotopic (exact) mass is 295 g/mol. The number of halogens is 2. The summed E-state index contributed by atoms with van der Waals surface area (Å²) < 4.78 is 19.4. The van der Waals surface area contributed by atoms with Crippen LogP contribution in [0.4, 0.5) is 4.39 Å². The van der Waals surface area contributed by atoms with Crippen LogP contribution >= 0.6 is 15.9 Å². The minimum absolute atomic E-state index is 0.342. The summed E-state index contributed by atoms with van der Waals surface area (Å²) in [5.74, 6) is 0.824. The first-order valence-corrected chi connectivity index (χ1v) is 5.92. The molecule has 2 rings (SSSR count). The molecule has 0 radical (unpaired) electrons. The zero-order chi connectivity index (χ0) is 12.4. The second-order valence-electron chi connectivity index (χ2n) is 3.70. The van der Waals surface area contributed by atoms with E-state index in [4.69, 9.17) is 4.74 Å². The molecule has 0 spiro atoms. The van der Waals surface area contributed by atoms with Crippen LogP contribution in [0, 0.1) is 19.7 Å². The van der Waals surface area contributed by atoms with Gasteiger partial charge in [-0.1, -0.05) is 0 Å². The second kappa shape index (κ2) is 4.84. The van der Waals surface area contributed by atoms with Crippen LogP contribution in [0.15, 0.2) is 34.9 Å². The van der Waals surface area contributed by atoms with E-state index in [1.807, 2.05) is 13.8 Å². The fourth-order valence-electron chi connectivity index (χ4n) is 1.39. The molecule has 0 N–H and O–H groups in total. The molecule has 2 nitrogen and oxygen atoms in total. The van der Waals surface area contributed by atoms with Gasteiger partial charge >= 0.3 is 0 Å². The average Bonchev–Trinajstić information content (AvgIpc) is 2.30. The number of aromatic nitrogens is 1. The summed E-state index contributed by atoms with van der Waals surface area (Å²) in [6.07, 6.45) is 1.67. The molecule has 0 fully saturated rings. The Hall–Kier alpha value is -1.42. The first kappa shape index (κ1) is 12.0. The van der Waals surface area contributed by atoms with E-state index in [1.54, 1.807) is 24.4 Å². The summed E-state index contributed by atoms with van der Waals surface area (Å²) in [5.41, 5.74) is 1.86. The summed E-state index contributed by atoms with van der Waals surface area (Å²) in [7, 11) is 0. The van der Waals surface area contributed by atoms with Crippen molar-refractivity contribution in [1.29, 1.82) is 0 Å². The summed E-state index contributed by atoms with van der Waals surface area (Å²) in [4.78, 5) is 4.15. The van der Waals surface area contributed by atoms with Crippen LogP contribution in [-0.4, -0.2) is 4.98 Å². The molecular formula is C13H11BrFNO. The van der Waals surface area contributed by atoms with Crippen LogP contribution in [-0.2, 0) is 0 Å². The highest BCUT2D eigenvalue weighted by Gasteiger charge is 2.06. The molecule has 0 aliphatic carbocycles. The average molecular weight is 296 g/mol. The molecule has 17 heavy (non-hydrogen) atoms. The Kier molecular flexibility index (Phi) is 3.43. The third-order valence-electron chi connectivity index (χ3n) is 2.53. The number of aryl methyl sites for hydroxylation is 1. The number of pyridine rings is 1. The molecule has 0 atom stereocenters. The van der Waals surface area contributed by atoms with Gasteiger partial charge in [0.05, 0.1) is 4.47 Å². The molecule has 0 aliphatic rings. The van der Waals surface area contributed by atoms with E-state index in [9.17, 15) is 4.39 Å². The molecule has 4 heteroatoms. The van der Waals surface area contributed by atoms with Gasteiger partial charge in [0.25, 0.3) is 0 Å². The Morgan fingerprint density at radius 2 is 2.00 bits per heavy atom. The van der Waals surface area contributed by atoms with Gasteiger partial charge in [-0.05, 0) is 48.0 Å². The van der Waals surface area contributed by atoms with Crippen LogP contribution in [0.3, 0.4) is 0 Å². The van der Waals surface area contributed by atoms with Gasteiger partial charge in [0, 0.05) is 23.5 Å². The Balaban J connectivity index is 2.31. The largest absolute Gasteiger partial charge is 0.457 e. The third kappa shape index (κ3) is 2.64. The number of benzene rings is 1. The van der Waals surface area contributed by atoms with Gasteiger partial charge in [0.2, 0.25) is 0 Å². The summed E-state index contributed by atoms with van der Waals surface area (Å²) in [6.45, 7) is 3.83. The summed E-state index contributed by atoms with van der Waals surface area (Å²) in [5, 5.41) is 0. The molecule has 2 aromatic rings. The quantitative estimate of drug-likeness (QED) is 0.820. The zero-order valence-electron chi connectivity index (χ0n) is 9.50. The van der Waals surface area contributed by atoms with Crippen molar-refractivity contribution in [2.45, 2.75) is 13.8 Å². The lowest BCUT2D eigenvalue weighted by molar-refractivity contribution is 0.471. The predicted octanol–water partition coefficient (Wildman–Crippen LogP) is 4.39. The van der Waals surface area contributed by atoms with Crippen LogP contribution < -0.4 is 4.74 Å². The van der Waals surface area contributed by atoms with Crippen molar-refractivity contribution in [2.24, 2.45) is 0 Å². The smallest absolute Gasteiger partial charge is 0.141 e. The normalized spacial score (nSPS) is 10.4. The van der Waals surface area contributed by atoms with Crippen molar-refractivity contribution in [3.05, 3.63) is 52.0 Å². The Morgan fingerprint density at radius 1 is 1.24 bits per heavy atom. The van der Waals surface area contributed by atoms with Gasteiger partial charge in [-0.15, -0.1) is 0 Å². The van der Waals surface area contributed by atoms with E-state index < -0.39 is 0 Å². The third-order valence-corrected chi connectivity index (χ3v) is 3.17. The van der Waals surface area contributed by atoms with Crippen LogP contribution in [0.25, 0.3) is 0 Å². The predicted molar refractivity (Wildman–Crippen MR) is 67.9 cm³/mol. The molecule has 88 valence electrons. The van der Waals surface area contributed by atoms with Gasteiger partial charge in [-0.2, -0.15) is 0 Å². The number of rotatable bonds is 2. The lowest BCUT2D eigenvalue weighted by Gasteiger charge is -2.10. The molecule has 0 amide bonds. The minimum Gasteiger partial charge on any atom is -0.457 e. The van der Waals surface area contributed by atoms with E-state index in [0.29, 0.717) is 16.0 Å². The van der Waals surface area contributed by atoms with E-state index in [2.05, 4.69) is 20.9 Å². The lowest BCUT2D eigenvalue weighted by atomic mass is 10.2. The molecule has 0 aliphatic heterocycles. The summed E-state index contributed by atoms with van der Waals surface area (Å²) in [6, 6.07) is 6.44. The minimum atomic E-state index is -0.342. The number of hydrogen-bond acceptors (Lipinski definition) is 2. The maximum Gasteiger partial charge on any atom is 0.141 e. The van der Waals surface area contributed by atoms with E-state index in [-0.39, 0.29) is 5.82 Å². The van der Waals surface area contributed by atoms with Crippen LogP contribution in [0.5, 0.6) is 11.5 Å². The second-order valence-corrected chi connectivity index (χ2v) is 4.55. The molecule has 0 saturated carbocycles. The molecule has 0 unspecified atom stereocenters. The van der Waals surface area contributed by atoms with Crippen LogP contribution in [0.2, 0.25) is 0 Å². The number of ether oxygens (including phenoxy) is 1. The standard InChI is InChI=1S/C13H11BrFNO/c1-8-9(2)16-6-5-13(8)17-10-3-4-11(14)12(15)7-10/h3-7H,1-2H3. The maximum absolute atomic E-state index is 13.3. The van der Waals surface area contributed by atoms with Gasteiger partial charge in [-0.25, -0.2) is 4.39 Å². The Bertz CT molecular complexity index is 557. The van der Waals surface area contributed by atoms with Crippen molar-refractivity contribution in [3.8, 4) is 11.5 Å². The van der Waals surface area contributed by atoms with Gasteiger partial charge < -0.3 is 4.74 Å². The van der Waals surface area contributed by atoms with Crippen LogP contribution in [0.1, 0.15) is 11.3 Å². The van der Waals surface area contributed by atoms with E-state index in [1.165, 1.54) is 6.07 Å². The molecular weight excluding hydrogens is 285 g/mol. The Morgan fingerprint density at radius 3 is 2.71 bits per heavy atom. The van der Waals surface area contributed by atoms with Gasteiger partial charge in [0.1, 0.15) is 17.3 Å². The number of nitrogens with zero attached hydrogens (tertiary/aromatic N) is 1. The van der Waals surface area contributed by atoms with Gasteiger partial charge in [0.15, 0.2) is 0 Å². The molecule has 1 heterocycles. The van der Waals surface area contributed by atoms with Crippen molar-refractivity contribution in [2.75, 3.05) is 0 Å². The fraction of sp³-hybridized carbons (Fsp3) is 0.154. The Labute approximate surface area is 108 Å². The van der Waals surface area contributed by atoms with Gasteiger partial charge in [-0.3, -0.25) is 4.98 Å². The van der Waals surface area contributed by atoms with Crippen molar-refractivity contribution in [1.82, 2.24) is 4.98 Å². The fourth-order valence-corrected chi connectivity index (χ4v) is 1.64. The molecule has 0 saturated heterocycles. The first-order valence-electron chi connectivity index (χ1n) is 5.13. The van der Waals surface area contributed by atoms with Crippen molar-refractivity contribution >= 4 is 15.9 Å². The molecule has 0 bridgehead atoms. The SMILES string of the molecule is Cc1nccc(Oc2ccc(Br)c(F)c2)c1C. The first-order chi connectivity index (χ1) is 8.08. The van der Waals surface area contributed by atoms with E-state index in [0.717, 1.165) is 11.3 Å². The van der Waals surface area contributed by atoms with Crippen molar-refractivity contribution in [3.63, 3.8) is 0 Å². The molecule has 1 aromatic carbocycles. The number of hydrogen-bond donors (Lipinski definition) is 0. The summed E-state index contributed by atoms with van der Waals surface area (Å²) >= 11 is 3.10. The highest BCUT2D eigenvalue weighted by Crippen LogP contribution is 2.28. The highest BCUT2D eigenvalue weighted by molar-refractivity contribution is 9.10. The topological polar surface area (TPSA) is 22.1 Å². The lowest BCUT2D eigenvalue weighted by Crippen LogP contribution is -1.92. The zero-order valence-corrected chi connectivity index (χ0v) is 11.1. The molecule has 1 aromatic heterocycles. The maximum atomic E-state index is 13.3. The highest BCUT2D eigenvalue weighted by atomic mass is 79.9. The van der Waals surface area contributed by atoms with E-state index >= 15 is 0 Å². The van der Waals surface area contributed by atoms with Crippen molar-refractivity contribution < 1.29 is 9.13 Å².